The van der Waals surface area contributed by atoms with E-state index in [4.69, 9.17) is 10.5 Å². The zero-order chi connectivity index (χ0) is 12.3. The van der Waals surface area contributed by atoms with Gasteiger partial charge >= 0.3 is 0 Å². The number of rotatable bonds is 4. The highest BCUT2D eigenvalue weighted by Crippen LogP contribution is 2.28. The van der Waals surface area contributed by atoms with E-state index in [1.807, 2.05) is 31.2 Å². The fraction of sp³-hybridized carbons (Fsp3) is 0.462. The van der Waals surface area contributed by atoms with E-state index < -0.39 is 6.10 Å². The Balaban J connectivity index is 1.96. The third kappa shape index (κ3) is 2.58. The molecule has 1 amide bonds. The van der Waals surface area contributed by atoms with E-state index in [-0.39, 0.29) is 11.9 Å². The zero-order valence-corrected chi connectivity index (χ0v) is 9.98. The predicted octanol–water partition coefficient (Wildman–Crippen LogP) is 0.844. The van der Waals surface area contributed by atoms with Crippen molar-refractivity contribution in [3.05, 3.63) is 29.8 Å². The lowest BCUT2D eigenvalue weighted by molar-refractivity contribution is -0.127. The van der Waals surface area contributed by atoms with Crippen LogP contribution in [0.15, 0.2) is 24.3 Å². The maximum absolute atomic E-state index is 12.0. The monoisotopic (exact) mass is 234 g/mol. The van der Waals surface area contributed by atoms with Gasteiger partial charge in [-0.05, 0) is 18.1 Å². The fourth-order valence-corrected chi connectivity index (χ4v) is 1.95. The Labute approximate surface area is 101 Å². The summed E-state index contributed by atoms with van der Waals surface area (Å²) in [7, 11) is 0. The van der Waals surface area contributed by atoms with Crippen molar-refractivity contribution in [1.82, 2.24) is 5.32 Å². The summed E-state index contributed by atoms with van der Waals surface area (Å²) in [5.74, 6) is 0.743. The highest BCUT2D eigenvalue weighted by molar-refractivity contribution is 5.82. The largest absolute Gasteiger partial charge is 0.480 e. The zero-order valence-electron chi connectivity index (χ0n) is 9.98. The van der Waals surface area contributed by atoms with Gasteiger partial charge in [0.1, 0.15) is 5.75 Å². The SMILES string of the molecule is CCC(CN)NC(=O)C1Cc2ccccc2O1. The van der Waals surface area contributed by atoms with E-state index in [1.54, 1.807) is 0 Å². The Bertz CT molecular complexity index is 377. The lowest BCUT2D eigenvalue weighted by atomic mass is 10.1. The number of fused-ring (bicyclic) bond motifs is 1. The van der Waals surface area contributed by atoms with Crippen molar-refractivity contribution in [2.45, 2.75) is 31.9 Å². The molecule has 3 N–H and O–H groups in total. The highest BCUT2D eigenvalue weighted by Gasteiger charge is 2.29. The molecule has 1 aromatic carbocycles. The van der Waals surface area contributed by atoms with E-state index in [0.29, 0.717) is 13.0 Å². The number of carbonyl (C=O) groups is 1. The second-order valence-corrected chi connectivity index (χ2v) is 4.27. The molecular weight excluding hydrogens is 216 g/mol. The van der Waals surface area contributed by atoms with Gasteiger partial charge < -0.3 is 15.8 Å². The molecular formula is C13H18N2O2. The minimum atomic E-state index is -0.409. The molecule has 2 rings (SSSR count). The summed E-state index contributed by atoms with van der Waals surface area (Å²) in [6.07, 6.45) is 1.07. The van der Waals surface area contributed by atoms with Crippen LogP contribution in [0.5, 0.6) is 5.75 Å². The van der Waals surface area contributed by atoms with Crippen LogP contribution in [0.3, 0.4) is 0 Å². The normalized spacial score (nSPS) is 19.3. The van der Waals surface area contributed by atoms with Gasteiger partial charge in [-0.15, -0.1) is 0 Å². The molecule has 1 aliphatic rings. The van der Waals surface area contributed by atoms with E-state index in [2.05, 4.69) is 5.32 Å². The lowest BCUT2D eigenvalue weighted by Crippen LogP contribution is -2.46. The van der Waals surface area contributed by atoms with Gasteiger partial charge in [-0.2, -0.15) is 0 Å². The third-order valence-corrected chi connectivity index (χ3v) is 3.06. The highest BCUT2D eigenvalue weighted by atomic mass is 16.5. The molecule has 0 saturated heterocycles. The molecule has 0 saturated carbocycles. The number of benzene rings is 1. The van der Waals surface area contributed by atoms with E-state index >= 15 is 0 Å². The van der Waals surface area contributed by atoms with Gasteiger partial charge in [0.25, 0.3) is 5.91 Å². The van der Waals surface area contributed by atoms with E-state index in [0.717, 1.165) is 17.7 Å². The average molecular weight is 234 g/mol. The summed E-state index contributed by atoms with van der Waals surface area (Å²) in [6, 6.07) is 7.78. The van der Waals surface area contributed by atoms with Crippen molar-refractivity contribution in [1.29, 1.82) is 0 Å². The minimum Gasteiger partial charge on any atom is -0.480 e. The summed E-state index contributed by atoms with van der Waals surface area (Å²) < 4.78 is 5.61. The molecule has 1 heterocycles. The van der Waals surface area contributed by atoms with Crippen molar-refractivity contribution in [3.63, 3.8) is 0 Å². The van der Waals surface area contributed by atoms with Crippen LogP contribution >= 0.6 is 0 Å². The van der Waals surface area contributed by atoms with Gasteiger partial charge in [-0.3, -0.25) is 4.79 Å². The van der Waals surface area contributed by atoms with Crippen LogP contribution in [0.25, 0.3) is 0 Å². The molecule has 4 nitrogen and oxygen atoms in total. The van der Waals surface area contributed by atoms with Crippen molar-refractivity contribution < 1.29 is 9.53 Å². The number of nitrogens with one attached hydrogen (secondary N) is 1. The molecule has 4 heteroatoms. The van der Waals surface area contributed by atoms with E-state index in [1.165, 1.54) is 0 Å². The van der Waals surface area contributed by atoms with Crippen LogP contribution < -0.4 is 15.8 Å². The molecule has 17 heavy (non-hydrogen) atoms. The number of para-hydroxylation sites is 1. The minimum absolute atomic E-state index is 0.0369. The predicted molar refractivity (Wildman–Crippen MR) is 65.8 cm³/mol. The average Bonchev–Trinajstić information content (AvgIpc) is 2.79. The molecule has 0 bridgehead atoms. The fourth-order valence-electron chi connectivity index (χ4n) is 1.95. The smallest absolute Gasteiger partial charge is 0.261 e. The summed E-state index contributed by atoms with van der Waals surface area (Å²) in [5, 5.41) is 2.90. The van der Waals surface area contributed by atoms with Crippen LogP contribution in [0.4, 0.5) is 0 Å². The number of hydrogen-bond donors (Lipinski definition) is 2. The first-order chi connectivity index (χ1) is 8.24. The van der Waals surface area contributed by atoms with Crippen LogP contribution in [-0.2, 0) is 11.2 Å². The van der Waals surface area contributed by atoms with Crippen LogP contribution in [0.2, 0.25) is 0 Å². The van der Waals surface area contributed by atoms with Crippen LogP contribution in [-0.4, -0.2) is 24.6 Å². The first kappa shape index (κ1) is 11.9. The molecule has 1 aliphatic heterocycles. The molecule has 0 spiro atoms. The molecule has 0 fully saturated rings. The number of hydrogen-bond acceptors (Lipinski definition) is 3. The number of carbonyl (C=O) groups excluding carboxylic acids is 1. The molecule has 2 unspecified atom stereocenters. The van der Waals surface area contributed by atoms with Gasteiger partial charge in [0, 0.05) is 19.0 Å². The Kier molecular flexibility index (Phi) is 3.64. The number of ether oxygens (including phenoxy) is 1. The van der Waals surface area contributed by atoms with E-state index in [9.17, 15) is 4.79 Å². The standard InChI is InChI=1S/C13H18N2O2/c1-2-10(8-14)15-13(16)12-7-9-5-3-4-6-11(9)17-12/h3-6,10,12H,2,7-8,14H2,1H3,(H,15,16). The van der Waals surface area contributed by atoms with Gasteiger partial charge in [-0.25, -0.2) is 0 Å². The van der Waals surface area contributed by atoms with Gasteiger partial charge in [0.05, 0.1) is 0 Å². The Hall–Kier alpha value is -1.55. The second-order valence-electron chi connectivity index (χ2n) is 4.27. The second kappa shape index (κ2) is 5.19. The van der Waals surface area contributed by atoms with Crippen molar-refractivity contribution in [2.24, 2.45) is 5.73 Å². The maximum Gasteiger partial charge on any atom is 0.261 e. The Morgan fingerprint density at radius 1 is 1.59 bits per heavy atom. The van der Waals surface area contributed by atoms with Crippen molar-refractivity contribution in [2.75, 3.05) is 6.54 Å². The first-order valence-corrected chi connectivity index (χ1v) is 5.99. The van der Waals surface area contributed by atoms with Crippen LogP contribution in [0.1, 0.15) is 18.9 Å². The number of amides is 1. The number of nitrogens with two attached hydrogens (primary N) is 1. The molecule has 1 aromatic rings. The quantitative estimate of drug-likeness (QED) is 0.811. The van der Waals surface area contributed by atoms with Crippen LogP contribution in [0, 0.1) is 0 Å². The van der Waals surface area contributed by atoms with Gasteiger partial charge in [-0.1, -0.05) is 25.1 Å². The molecule has 92 valence electrons. The van der Waals surface area contributed by atoms with Crippen molar-refractivity contribution >= 4 is 5.91 Å². The molecule has 2 atom stereocenters. The summed E-state index contributed by atoms with van der Waals surface area (Å²) in [4.78, 5) is 12.0. The van der Waals surface area contributed by atoms with Crippen molar-refractivity contribution in [3.8, 4) is 5.75 Å². The molecule has 0 aliphatic carbocycles. The van der Waals surface area contributed by atoms with Gasteiger partial charge in [0.15, 0.2) is 6.10 Å². The Morgan fingerprint density at radius 2 is 2.35 bits per heavy atom. The van der Waals surface area contributed by atoms with Gasteiger partial charge in [0.2, 0.25) is 0 Å². The summed E-state index contributed by atoms with van der Waals surface area (Å²) in [5.41, 5.74) is 6.65. The molecule has 0 aromatic heterocycles. The molecule has 0 radical (unpaired) electrons. The maximum atomic E-state index is 12.0. The first-order valence-electron chi connectivity index (χ1n) is 5.99. The lowest BCUT2D eigenvalue weighted by Gasteiger charge is -2.17. The Morgan fingerprint density at radius 3 is 3.00 bits per heavy atom. The summed E-state index contributed by atoms with van der Waals surface area (Å²) in [6.45, 7) is 2.46. The topological polar surface area (TPSA) is 64.3 Å². The summed E-state index contributed by atoms with van der Waals surface area (Å²) >= 11 is 0. The third-order valence-electron chi connectivity index (χ3n) is 3.06.